The minimum Gasteiger partial charge on any atom is -0.492 e. The lowest BCUT2D eigenvalue weighted by Crippen LogP contribution is -2.40. The van der Waals surface area contributed by atoms with Crippen molar-refractivity contribution in [2.75, 3.05) is 26.2 Å². The van der Waals surface area contributed by atoms with Gasteiger partial charge in [0.2, 0.25) is 0 Å². The summed E-state index contributed by atoms with van der Waals surface area (Å²) in [5.41, 5.74) is 1.43. The molecule has 0 spiro atoms. The summed E-state index contributed by atoms with van der Waals surface area (Å²) in [5.74, 6) is 0.369. The van der Waals surface area contributed by atoms with E-state index in [2.05, 4.69) is 9.88 Å². The van der Waals surface area contributed by atoms with Crippen molar-refractivity contribution in [1.29, 1.82) is 0 Å². The summed E-state index contributed by atoms with van der Waals surface area (Å²) in [6, 6.07) is 14.7. The summed E-state index contributed by atoms with van der Waals surface area (Å²) < 4.78 is 17.0. The van der Waals surface area contributed by atoms with Crippen LogP contribution in [-0.4, -0.2) is 47.2 Å². The van der Waals surface area contributed by atoms with E-state index in [1.807, 2.05) is 36.4 Å². The maximum absolute atomic E-state index is 11.1. The molecule has 0 aliphatic carbocycles. The predicted octanol–water partition coefficient (Wildman–Crippen LogP) is 3.80. The van der Waals surface area contributed by atoms with Crippen LogP contribution in [0.3, 0.4) is 0 Å². The van der Waals surface area contributed by atoms with Crippen molar-refractivity contribution in [3.05, 3.63) is 48.5 Å². The second-order valence-corrected chi connectivity index (χ2v) is 6.85. The van der Waals surface area contributed by atoms with E-state index in [0.29, 0.717) is 31.0 Å². The molecule has 1 unspecified atom stereocenters. The molecule has 1 N–H and O–H groups in total. The fraction of sp³-hybridized carbons (Fsp3) is 0.333. The first-order valence-corrected chi connectivity index (χ1v) is 9.39. The molecule has 28 heavy (non-hydrogen) atoms. The lowest BCUT2D eigenvalue weighted by atomic mass is 9.98. The summed E-state index contributed by atoms with van der Waals surface area (Å²) in [4.78, 5) is 17.6. The standard InChI is InChI=1S/C21H22N2O5/c24-20(25)15-4-3-11-23(14-15)12-13-26-16-7-9-17(10-8-16)27-21-22-18-5-1-2-6-19(18)28-21/h1-2,5-10,15H,3-4,11-14H2,(H,24,25). The Bertz CT molecular complexity index is 904. The number of hydrogen-bond acceptors (Lipinski definition) is 6. The van der Waals surface area contributed by atoms with Crippen molar-refractivity contribution in [3.63, 3.8) is 0 Å². The molecule has 1 fully saturated rings. The van der Waals surface area contributed by atoms with E-state index >= 15 is 0 Å². The van der Waals surface area contributed by atoms with Crippen LogP contribution in [0.2, 0.25) is 0 Å². The van der Waals surface area contributed by atoms with Gasteiger partial charge in [0, 0.05) is 13.1 Å². The highest BCUT2D eigenvalue weighted by Gasteiger charge is 2.24. The Hall–Kier alpha value is -3.06. The monoisotopic (exact) mass is 382 g/mol. The van der Waals surface area contributed by atoms with Crippen LogP contribution in [0.1, 0.15) is 12.8 Å². The highest BCUT2D eigenvalue weighted by atomic mass is 16.6. The summed E-state index contributed by atoms with van der Waals surface area (Å²) in [6.45, 7) is 2.74. The van der Waals surface area contributed by atoms with Gasteiger partial charge in [-0.25, -0.2) is 0 Å². The van der Waals surface area contributed by atoms with Gasteiger partial charge in [0.1, 0.15) is 23.6 Å². The van der Waals surface area contributed by atoms with E-state index in [4.69, 9.17) is 19.0 Å². The number of carboxylic acid groups (broad SMARTS) is 1. The number of likely N-dealkylation sites (tertiary alicyclic amines) is 1. The normalized spacial score (nSPS) is 17.5. The second-order valence-electron chi connectivity index (χ2n) is 6.85. The molecular formula is C21H22N2O5. The average Bonchev–Trinajstić information content (AvgIpc) is 3.12. The number of rotatable bonds is 7. The van der Waals surface area contributed by atoms with Gasteiger partial charge in [0.05, 0.1) is 5.92 Å². The first kappa shape index (κ1) is 18.3. The zero-order chi connectivity index (χ0) is 19.3. The molecule has 7 nitrogen and oxygen atoms in total. The van der Waals surface area contributed by atoms with E-state index < -0.39 is 5.97 Å². The van der Waals surface area contributed by atoms with Gasteiger partial charge in [-0.15, -0.1) is 0 Å². The molecule has 3 aromatic rings. The number of hydrogen-bond donors (Lipinski definition) is 1. The molecule has 1 saturated heterocycles. The van der Waals surface area contributed by atoms with Crippen LogP contribution in [0.4, 0.5) is 0 Å². The maximum atomic E-state index is 11.1. The highest BCUT2D eigenvalue weighted by molar-refractivity contribution is 5.72. The number of fused-ring (bicyclic) bond motifs is 1. The minimum atomic E-state index is -0.708. The van der Waals surface area contributed by atoms with Crippen molar-refractivity contribution in [1.82, 2.24) is 9.88 Å². The molecule has 1 aliphatic heterocycles. The van der Waals surface area contributed by atoms with Crippen LogP contribution < -0.4 is 9.47 Å². The average molecular weight is 382 g/mol. The molecule has 0 radical (unpaired) electrons. The third kappa shape index (κ3) is 4.43. The van der Waals surface area contributed by atoms with Crippen molar-refractivity contribution in [2.45, 2.75) is 12.8 Å². The molecule has 0 saturated carbocycles. The molecule has 1 atom stereocenters. The van der Waals surface area contributed by atoms with Gasteiger partial charge in [0.15, 0.2) is 5.58 Å². The molecule has 146 valence electrons. The number of piperidine rings is 1. The highest BCUT2D eigenvalue weighted by Crippen LogP contribution is 2.26. The number of aromatic nitrogens is 1. The maximum Gasteiger partial charge on any atom is 0.400 e. The number of carbonyl (C=O) groups is 1. The van der Waals surface area contributed by atoms with Gasteiger partial charge < -0.3 is 19.0 Å². The van der Waals surface area contributed by atoms with E-state index in [-0.39, 0.29) is 12.0 Å². The van der Waals surface area contributed by atoms with Gasteiger partial charge >= 0.3 is 12.0 Å². The quantitative estimate of drug-likeness (QED) is 0.665. The Morgan fingerprint density at radius 1 is 1.18 bits per heavy atom. The number of benzene rings is 2. The van der Waals surface area contributed by atoms with Crippen molar-refractivity contribution in [3.8, 4) is 17.6 Å². The summed E-state index contributed by atoms with van der Waals surface area (Å²) in [7, 11) is 0. The Labute approximate surface area is 162 Å². The van der Waals surface area contributed by atoms with E-state index in [0.717, 1.165) is 30.7 Å². The smallest absolute Gasteiger partial charge is 0.400 e. The summed E-state index contributed by atoms with van der Waals surface area (Å²) in [5, 5.41) is 9.15. The molecular weight excluding hydrogens is 360 g/mol. The van der Waals surface area contributed by atoms with E-state index in [1.165, 1.54) is 0 Å². The number of ether oxygens (including phenoxy) is 2. The second kappa shape index (κ2) is 8.31. The minimum absolute atomic E-state index is 0.202. The number of oxazole rings is 1. The number of nitrogens with zero attached hydrogens (tertiary/aromatic N) is 2. The van der Waals surface area contributed by atoms with Crippen LogP contribution in [0.15, 0.2) is 52.9 Å². The Kier molecular flexibility index (Phi) is 5.43. The molecule has 1 aromatic heterocycles. The Morgan fingerprint density at radius 3 is 2.75 bits per heavy atom. The molecule has 0 amide bonds. The number of aliphatic carboxylic acids is 1. The van der Waals surface area contributed by atoms with Crippen LogP contribution in [0.5, 0.6) is 17.6 Å². The molecule has 0 bridgehead atoms. The van der Waals surface area contributed by atoms with Crippen LogP contribution >= 0.6 is 0 Å². The molecule has 4 rings (SSSR count). The van der Waals surface area contributed by atoms with Crippen LogP contribution in [-0.2, 0) is 4.79 Å². The molecule has 2 heterocycles. The molecule has 2 aromatic carbocycles. The first-order chi connectivity index (χ1) is 13.7. The number of carboxylic acids is 1. The molecule has 1 aliphatic rings. The fourth-order valence-corrected chi connectivity index (χ4v) is 3.35. The van der Waals surface area contributed by atoms with Crippen molar-refractivity contribution in [2.24, 2.45) is 5.92 Å². The van der Waals surface area contributed by atoms with E-state index in [9.17, 15) is 4.79 Å². The Balaban J connectivity index is 1.27. The van der Waals surface area contributed by atoms with Crippen LogP contribution in [0, 0.1) is 5.92 Å². The lowest BCUT2D eigenvalue weighted by molar-refractivity contribution is -0.143. The molecule has 7 heteroatoms. The van der Waals surface area contributed by atoms with Crippen molar-refractivity contribution < 1.29 is 23.8 Å². The zero-order valence-corrected chi connectivity index (χ0v) is 15.4. The largest absolute Gasteiger partial charge is 0.492 e. The fourth-order valence-electron chi connectivity index (χ4n) is 3.35. The summed E-state index contributed by atoms with van der Waals surface area (Å²) in [6.07, 6.45) is 1.88. The van der Waals surface area contributed by atoms with Crippen LogP contribution in [0.25, 0.3) is 11.1 Å². The SMILES string of the molecule is O=C(O)C1CCCN(CCOc2ccc(Oc3nc4ccccc4o3)cc2)C1. The third-order valence-electron chi connectivity index (χ3n) is 4.83. The predicted molar refractivity (Wildman–Crippen MR) is 103 cm³/mol. The van der Waals surface area contributed by atoms with Gasteiger partial charge in [0.25, 0.3) is 0 Å². The van der Waals surface area contributed by atoms with Gasteiger partial charge in [-0.1, -0.05) is 12.1 Å². The van der Waals surface area contributed by atoms with Gasteiger partial charge in [-0.3, -0.25) is 9.69 Å². The topological polar surface area (TPSA) is 85.0 Å². The first-order valence-electron chi connectivity index (χ1n) is 9.39. The zero-order valence-electron chi connectivity index (χ0n) is 15.4. The Morgan fingerprint density at radius 2 is 1.96 bits per heavy atom. The van der Waals surface area contributed by atoms with E-state index in [1.54, 1.807) is 12.1 Å². The van der Waals surface area contributed by atoms with Crippen molar-refractivity contribution >= 4 is 17.1 Å². The summed E-state index contributed by atoms with van der Waals surface area (Å²) >= 11 is 0. The van der Waals surface area contributed by atoms with Gasteiger partial charge in [-0.05, 0) is 55.8 Å². The third-order valence-corrected chi connectivity index (χ3v) is 4.83. The lowest BCUT2D eigenvalue weighted by Gasteiger charge is -2.30. The van der Waals surface area contributed by atoms with Gasteiger partial charge in [-0.2, -0.15) is 4.98 Å². The number of para-hydroxylation sites is 2.